The average molecular weight is 362 g/mol. The van der Waals surface area contributed by atoms with Gasteiger partial charge in [-0.3, -0.25) is 9.78 Å². The smallest absolute Gasteiger partial charge is 0.261 e. The van der Waals surface area contributed by atoms with Gasteiger partial charge in [-0.05, 0) is 36.4 Å². The Morgan fingerprint density at radius 1 is 1.04 bits per heavy atom. The highest BCUT2D eigenvalue weighted by atomic mass is 32.1. The molecule has 0 saturated heterocycles. The molecule has 3 aromatic heterocycles. The van der Waals surface area contributed by atoms with E-state index in [-0.39, 0.29) is 5.91 Å². The second kappa shape index (κ2) is 7.28. The maximum atomic E-state index is 12.3. The van der Waals surface area contributed by atoms with Gasteiger partial charge in [0.1, 0.15) is 0 Å². The molecule has 0 radical (unpaired) electrons. The van der Waals surface area contributed by atoms with Gasteiger partial charge in [-0.15, -0.1) is 11.3 Å². The SMILES string of the molecule is O=C(NCc1ccccn1)c1ccc(-c2noc(-c3ccccc3)n2)s1. The summed E-state index contributed by atoms with van der Waals surface area (Å²) in [6.45, 7) is 0.382. The lowest BCUT2D eigenvalue weighted by Gasteiger charge is -2.02. The average Bonchev–Trinajstić information content (AvgIpc) is 3.37. The minimum absolute atomic E-state index is 0.154. The molecule has 0 atom stereocenters. The van der Waals surface area contributed by atoms with Crippen LogP contribution in [0.25, 0.3) is 22.2 Å². The number of hydrogen-bond donors (Lipinski definition) is 1. The number of thiophene rings is 1. The van der Waals surface area contributed by atoms with Crippen LogP contribution in [0, 0.1) is 0 Å². The Hall–Kier alpha value is -3.32. The first-order valence-corrected chi connectivity index (χ1v) is 8.79. The largest absolute Gasteiger partial charge is 0.346 e. The molecule has 1 N–H and O–H groups in total. The molecule has 1 aromatic carbocycles. The number of hydrogen-bond acceptors (Lipinski definition) is 6. The van der Waals surface area contributed by atoms with E-state index < -0.39 is 0 Å². The normalized spacial score (nSPS) is 10.6. The molecule has 4 rings (SSSR count). The first kappa shape index (κ1) is 16.2. The fourth-order valence-corrected chi connectivity index (χ4v) is 3.21. The zero-order valence-corrected chi connectivity index (χ0v) is 14.4. The fraction of sp³-hybridized carbons (Fsp3) is 0.0526. The number of carbonyl (C=O) groups excluding carboxylic acids is 1. The lowest BCUT2D eigenvalue weighted by Crippen LogP contribution is -2.22. The van der Waals surface area contributed by atoms with Crippen molar-refractivity contribution in [3.8, 4) is 22.2 Å². The maximum absolute atomic E-state index is 12.3. The van der Waals surface area contributed by atoms with Crippen molar-refractivity contribution in [1.82, 2.24) is 20.4 Å². The van der Waals surface area contributed by atoms with Gasteiger partial charge in [0.15, 0.2) is 0 Å². The molecule has 0 aliphatic heterocycles. The lowest BCUT2D eigenvalue weighted by atomic mass is 10.2. The molecule has 7 heteroatoms. The van der Waals surface area contributed by atoms with E-state index >= 15 is 0 Å². The Morgan fingerprint density at radius 3 is 2.69 bits per heavy atom. The molecule has 128 valence electrons. The van der Waals surface area contributed by atoms with Crippen molar-refractivity contribution in [3.05, 3.63) is 77.4 Å². The van der Waals surface area contributed by atoms with Gasteiger partial charge in [0, 0.05) is 11.8 Å². The molecule has 0 aliphatic carbocycles. The van der Waals surface area contributed by atoms with Crippen molar-refractivity contribution in [1.29, 1.82) is 0 Å². The molecular formula is C19H14N4O2S. The summed E-state index contributed by atoms with van der Waals surface area (Å²) in [5.74, 6) is 0.770. The fourth-order valence-electron chi connectivity index (χ4n) is 2.36. The first-order chi connectivity index (χ1) is 12.8. The molecule has 26 heavy (non-hydrogen) atoms. The second-order valence-electron chi connectivity index (χ2n) is 5.46. The molecule has 0 saturated carbocycles. The van der Waals surface area contributed by atoms with Crippen LogP contribution in [0.4, 0.5) is 0 Å². The van der Waals surface area contributed by atoms with Crippen LogP contribution in [0.5, 0.6) is 0 Å². The van der Waals surface area contributed by atoms with Crippen molar-refractivity contribution in [2.24, 2.45) is 0 Å². The first-order valence-electron chi connectivity index (χ1n) is 7.97. The molecule has 0 bridgehead atoms. The minimum Gasteiger partial charge on any atom is -0.346 e. The van der Waals surface area contributed by atoms with E-state index in [4.69, 9.17) is 4.52 Å². The van der Waals surface area contributed by atoms with Gasteiger partial charge in [-0.2, -0.15) is 4.98 Å². The molecule has 1 amide bonds. The van der Waals surface area contributed by atoms with Gasteiger partial charge in [0.05, 0.1) is 22.0 Å². The van der Waals surface area contributed by atoms with E-state index in [2.05, 4.69) is 20.4 Å². The monoisotopic (exact) mass is 362 g/mol. The maximum Gasteiger partial charge on any atom is 0.261 e. The Balaban J connectivity index is 1.46. The number of rotatable bonds is 5. The Bertz CT molecular complexity index is 1010. The minimum atomic E-state index is -0.154. The van der Waals surface area contributed by atoms with Crippen LogP contribution >= 0.6 is 11.3 Å². The van der Waals surface area contributed by atoms with Crippen LogP contribution in [0.3, 0.4) is 0 Å². The molecule has 6 nitrogen and oxygen atoms in total. The third-order valence-electron chi connectivity index (χ3n) is 3.65. The second-order valence-corrected chi connectivity index (χ2v) is 6.54. The summed E-state index contributed by atoms with van der Waals surface area (Å²) in [4.78, 5) is 22.3. The summed E-state index contributed by atoms with van der Waals surface area (Å²) in [7, 11) is 0. The van der Waals surface area contributed by atoms with Gasteiger partial charge in [0.25, 0.3) is 11.8 Å². The van der Waals surface area contributed by atoms with Crippen LogP contribution in [0.15, 0.2) is 71.4 Å². The summed E-state index contributed by atoms with van der Waals surface area (Å²) < 4.78 is 5.32. The van der Waals surface area contributed by atoms with Crippen LogP contribution in [-0.2, 0) is 6.54 Å². The van der Waals surface area contributed by atoms with Crippen LogP contribution in [-0.4, -0.2) is 21.0 Å². The zero-order chi connectivity index (χ0) is 17.8. The molecular weight excluding hydrogens is 348 g/mol. The van der Waals surface area contributed by atoms with E-state index in [1.807, 2.05) is 54.6 Å². The highest BCUT2D eigenvalue weighted by molar-refractivity contribution is 7.17. The molecule has 0 unspecified atom stereocenters. The molecule has 3 heterocycles. The number of benzene rings is 1. The van der Waals surface area contributed by atoms with Crippen molar-refractivity contribution < 1.29 is 9.32 Å². The summed E-state index contributed by atoms with van der Waals surface area (Å²) in [5, 5.41) is 6.87. The van der Waals surface area contributed by atoms with E-state index in [9.17, 15) is 4.79 Å². The number of nitrogens with zero attached hydrogens (tertiary/aromatic N) is 3. The molecule has 4 aromatic rings. The third-order valence-corrected chi connectivity index (χ3v) is 4.73. The zero-order valence-electron chi connectivity index (χ0n) is 13.6. The Labute approximate surface area is 153 Å². The van der Waals surface area contributed by atoms with Crippen molar-refractivity contribution in [2.75, 3.05) is 0 Å². The van der Waals surface area contributed by atoms with Crippen molar-refractivity contribution in [2.45, 2.75) is 6.54 Å². The third kappa shape index (κ3) is 3.52. The van der Waals surface area contributed by atoms with Gasteiger partial charge in [0.2, 0.25) is 5.82 Å². The topological polar surface area (TPSA) is 80.9 Å². The lowest BCUT2D eigenvalue weighted by molar-refractivity contribution is 0.0954. The molecule has 0 spiro atoms. The summed E-state index contributed by atoms with van der Waals surface area (Å²) in [5.41, 5.74) is 1.67. The van der Waals surface area contributed by atoms with Gasteiger partial charge >= 0.3 is 0 Å². The van der Waals surface area contributed by atoms with Crippen LogP contribution < -0.4 is 5.32 Å². The van der Waals surface area contributed by atoms with E-state index in [0.29, 0.717) is 23.1 Å². The van der Waals surface area contributed by atoms with E-state index in [0.717, 1.165) is 16.1 Å². The number of carbonyl (C=O) groups is 1. The predicted octanol–water partition coefficient (Wildman–Crippen LogP) is 3.79. The van der Waals surface area contributed by atoms with Crippen LogP contribution in [0.2, 0.25) is 0 Å². The van der Waals surface area contributed by atoms with Crippen molar-refractivity contribution >= 4 is 17.2 Å². The molecule has 0 fully saturated rings. The van der Waals surface area contributed by atoms with E-state index in [1.54, 1.807) is 12.3 Å². The van der Waals surface area contributed by atoms with Crippen LogP contribution in [0.1, 0.15) is 15.4 Å². The van der Waals surface area contributed by atoms with Gasteiger partial charge < -0.3 is 9.84 Å². The van der Waals surface area contributed by atoms with Crippen molar-refractivity contribution in [3.63, 3.8) is 0 Å². The summed E-state index contributed by atoms with van der Waals surface area (Å²) in [6.07, 6.45) is 1.70. The number of nitrogens with one attached hydrogen (secondary N) is 1. The highest BCUT2D eigenvalue weighted by Gasteiger charge is 2.15. The predicted molar refractivity (Wildman–Crippen MR) is 98.5 cm³/mol. The quantitative estimate of drug-likeness (QED) is 0.584. The highest BCUT2D eigenvalue weighted by Crippen LogP contribution is 2.28. The standard InChI is InChI=1S/C19H14N4O2S/c24-18(21-12-14-8-4-5-11-20-14)16-10-9-15(26-16)17-22-19(25-23-17)13-6-2-1-3-7-13/h1-11H,12H2,(H,21,24). The number of amides is 1. The Morgan fingerprint density at radius 2 is 1.88 bits per heavy atom. The Kier molecular flexibility index (Phi) is 4.53. The summed E-state index contributed by atoms with van der Waals surface area (Å²) in [6, 6.07) is 18.7. The van der Waals surface area contributed by atoms with Gasteiger partial charge in [-0.1, -0.05) is 29.4 Å². The van der Waals surface area contributed by atoms with Gasteiger partial charge in [-0.25, -0.2) is 0 Å². The van der Waals surface area contributed by atoms with E-state index in [1.165, 1.54) is 11.3 Å². The molecule has 0 aliphatic rings. The number of pyridine rings is 1. The summed E-state index contributed by atoms with van der Waals surface area (Å²) >= 11 is 1.32. The number of aromatic nitrogens is 3.